The molecule has 24 heavy (non-hydrogen) atoms. The number of likely N-dealkylation sites (tertiary alicyclic amines) is 1. The van der Waals surface area contributed by atoms with Crippen LogP contribution in [0, 0.1) is 19.8 Å². The summed E-state index contributed by atoms with van der Waals surface area (Å²) < 4.78 is 0. The SMILES string of the molecule is Cc1ccc(CN2C[C@H](C(=O)Nc3ccc(C)cc3)CC2=O)cc1. The lowest BCUT2D eigenvalue weighted by Gasteiger charge is -2.17. The van der Waals surface area contributed by atoms with Crippen molar-refractivity contribution in [2.24, 2.45) is 5.92 Å². The summed E-state index contributed by atoms with van der Waals surface area (Å²) in [5, 5.41) is 2.91. The second-order valence-electron chi connectivity index (χ2n) is 6.52. The van der Waals surface area contributed by atoms with Gasteiger partial charge in [-0.15, -0.1) is 0 Å². The number of carbonyl (C=O) groups excluding carboxylic acids is 2. The molecule has 4 nitrogen and oxygen atoms in total. The maximum absolute atomic E-state index is 12.4. The van der Waals surface area contributed by atoms with Gasteiger partial charge in [0.05, 0.1) is 5.92 Å². The standard InChI is InChI=1S/C20H22N2O2/c1-14-3-7-16(8-4-14)12-22-13-17(11-19(22)23)20(24)21-18-9-5-15(2)6-10-18/h3-10,17H,11-13H2,1-2H3,(H,21,24)/t17-/m1/s1. The summed E-state index contributed by atoms with van der Waals surface area (Å²) in [6, 6.07) is 15.8. The molecule has 1 aliphatic rings. The molecule has 0 unspecified atom stereocenters. The minimum absolute atomic E-state index is 0.0413. The molecule has 0 bridgehead atoms. The quantitative estimate of drug-likeness (QED) is 0.939. The summed E-state index contributed by atoms with van der Waals surface area (Å²) in [5.41, 5.74) is 4.21. The van der Waals surface area contributed by atoms with Crippen molar-refractivity contribution in [1.82, 2.24) is 4.90 Å². The second kappa shape index (κ2) is 6.87. The molecule has 0 radical (unpaired) electrons. The Balaban J connectivity index is 1.60. The van der Waals surface area contributed by atoms with E-state index in [-0.39, 0.29) is 24.2 Å². The average molecular weight is 322 g/mol. The van der Waals surface area contributed by atoms with Crippen LogP contribution in [0.4, 0.5) is 5.69 Å². The molecule has 0 aromatic heterocycles. The fourth-order valence-electron chi connectivity index (χ4n) is 2.90. The molecule has 1 fully saturated rings. The molecule has 3 rings (SSSR count). The summed E-state index contributed by atoms with van der Waals surface area (Å²) in [6.45, 7) is 5.08. The van der Waals surface area contributed by atoms with Gasteiger partial charge in [-0.2, -0.15) is 0 Å². The van der Waals surface area contributed by atoms with Crippen LogP contribution in [0.3, 0.4) is 0 Å². The van der Waals surface area contributed by atoms with Crippen molar-refractivity contribution in [3.8, 4) is 0 Å². The number of aryl methyl sites for hydroxylation is 2. The first kappa shape index (κ1) is 16.2. The van der Waals surface area contributed by atoms with E-state index in [2.05, 4.69) is 5.32 Å². The van der Waals surface area contributed by atoms with Crippen LogP contribution in [0.15, 0.2) is 48.5 Å². The predicted molar refractivity (Wildman–Crippen MR) is 94.5 cm³/mol. The number of hydrogen-bond acceptors (Lipinski definition) is 2. The van der Waals surface area contributed by atoms with Gasteiger partial charge in [0.1, 0.15) is 0 Å². The molecule has 1 saturated heterocycles. The van der Waals surface area contributed by atoms with E-state index >= 15 is 0 Å². The van der Waals surface area contributed by atoms with Crippen LogP contribution in [0.2, 0.25) is 0 Å². The third kappa shape index (κ3) is 3.82. The van der Waals surface area contributed by atoms with Gasteiger partial charge in [-0.05, 0) is 31.5 Å². The normalized spacial score (nSPS) is 17.2. The number of nitrogens with zero attached hydrogens (tertiary/aromatic N) is 1. The lowest BCUT2D eigenvalue weighted by molar-refractivity contribution is -0.128. The van der Waals surface area contributed by atoms with Gasteiger partial charge in [-0.1, -0.05) is 47.5 Å². The van der Waals surface area contributed by atoms with Gasteiger partial charge in [0.15, 0.2) is 0 Å². The number of benzene rings is 2. The van der Waals surface area contributed by atoms with Gasteiger partial charge in [-0.25, -0.2) is 0 Å². The van der Waals surface area contributed by atoms with Crippen LogP contribution < -0.4 is 5.32 Å². The summed E-state index contributed by atoms with van der Waals surface area (Å²) in [4.78, 5) is 26.4. The molecule has 1 atom stereocenters. The van der Waals surface area contributed by atoms with Gasteiger partial charge in [-0.3, -0.25) is 9.59 Å². The smallest absolute Gasteiger partial charge is 0.229 e. The lowest BCUT2D eigenvalue weighted by Crippen LogP contribution is -2.28. The fraction of sp³-hybridized carbons (Fsp3) is 0.300. The summed E-state index contributed by atoms with van der Waals surface area (Å²) in [7, 11) is 0. The van der Waals surface area contributed by atoms with Crippen molar-refractivity contribution < 1.29 is 9.59 Å². The Morgan fingerprint density at radius 1 is 1.04 bits per heavy atom. The first-order valence-corrected chi connectivity index (χ1v) is 8.22. The topological polar surface area (TPSA) is 49.4 Å². The average Bonchev–Trinajstić information content (AvgIpc) is 2.93. The van der Waals surface area contributed by atoms with Crippen LogP contribution in [-0.2, 0) is 16.1 Å². The van der Waals surface area contributed by atoms with E-state index in [0.717, 1.165) is 16.8 Å². The molecule has 2 aromatic rings. The van der Waals surface area contributed by atoms with Crippen LogP contribution >= 0.6 is 0 Å². The maximum atomic E-state index is 12.4. The molecule has 1 aliphatic heterocycles. The van der Waals surface area contributed by atoms with Crippen LogP contribution in [-0.4, -0.2) is 23.3 Å². The molecule has 1 N–H and O–H groups in total. The Morgan fingerprint density at radius 2 is 1.62 bits per heavy atom. The van der Waals surface area contributed by atoms with Gasteiger partial charge < -0.3 is 10.2 Å². The van der Waals surface area contributed by atoms with E-state index in [4.69, 9.17) is 0 Å². The van der Waals surface area contributed by atoms with Crippen molar-refractivity contribution in [2.75, 3.05) is 11.9 Å². The summed E-state index contributed by atoms with van der Waals surface area (Å²) in [6.07, 6.45) is 0.281. The van der Waals surface area contributed by atoms with Gasteiger partial charge in [0.25, 0.3) is 0 Å². The van der Waals surface area contributed by atoms with Crippen molar-refractivity contribution in [1.29, 1.82) is 0 Å². The number of amides is 2. The molecule has 0 saturated carbocycles. The van der Waals surface area contributed by atoms with Crippen LogP contribution in [0.5, 0.6) is 0 Å². The Labute approximate surface area is 142 Å². The third-order valence-electron chi connectivity index (χ3n) is 4.40. The monoisotopic (exact) mass is 322 g/mol. The van der Waals surface area contributed by atoms with Crippen LogP contribution in [0.25, 0.3) is 0 Å². The number of anilines is 1. The maximum Gasteiger partial charge on any atom is 0.229 e. The Hall–Kier alpha value is -2.62. The predicted octanol–water partition coefficient (Wildman–Crippen LogP) is 3.29. The molecule has 1 heterocycles. The Bertz CT molecular complexity index is 735. The molecule has 124 valence electrons. The van der Waals surface area contributed by atoms with E-state index in [0.29, 0.717) is 13.1 Å². The largest absolute Gasteiger partial charge is 0.338 e. The summed E-state index contributed by atoms with van der Waals surface area (Å²) in [5.74, 6) is -0.331. The van der Waals surface area contributed by atoms with E-state index < -0.39 is 0 Å². The highest BCUT2D eigenvalue weighted by Gasteiger charge is 2.34. The molecular formula is C20H22N2O2. The number of nitrogens with one attached hydrogen (secondary N) is 1. The zero-order valence-corrected chi connectivity index (χ0v) is 14.1. The van der Waals surface area contributed by atoms with E-state index in [1.807, 2.05) is 62.4 Å². The zero-order valence-electron chi connectivity index (χ0n) is 14.1. The first-order valence-electron chi connectivity index (χ1n) is 8.22. The zero-order chi connectivity index (χ0) is 17.1. The lowest BCUT2D eigenvalue weighted by atomic mass is 10.1. The fourth-order valence-corrected chi connectivity index (χ4v) is 2.90. The number of rotatable bonds is 4. The molecule has 0 spiro atoms. The highest BCUT2D eigenvalue weighted by atomic mass is 16.2. The van der Waals surface area contributed by atoms with E-state index in [1.165, 1.54) is 5.56 Å². The van der Waals surface area contributed by atoms with Gasteiger partial charge in [0, 0.05) is 25.2 Å². The van der Waals surface area contributed by atoms with Crippen molar-refractivity contribution in [3.05, 3.63) is 65.2 Å². The summed E-state index contributed by atoms with van der Waals surface area (Å²) >= 11 is 0. The minimum atomic E-state index is -0.288. The first-order chi connectivity index (χ1) is 11.5. The van der Waals surface area contributed by atoms with Crippen molar-refractivity contribution >= 4 is 17.5 Å². The third-order valence-corrected chi connectivity index (χ3v) is 4.40. The van der Waals surface area contributed by atoms with Crippen LogP contribution in [0.1, 0.15) is 23.1 Å². The molecule has 0 aliphatic carbocycles. The van der Waals surface area contributed by atoms with E-state index in [1.54, 1.807) is 4.90 Å². The Morgan fingerprint density at radius 3 is 2.25 bits per heavy atom. The molecular weight excluding hydrogens is 300 g/mol. The van der Waals surface area contributed by atoms with Gasteiger partial charge >= 0.3 is 0 Å². The second-order valence-corrected chi connectivity index (χ2v) is 6.52. The van der Waals surface area contributed by atoms with E-state index in [9.17, 15) is 9.59 Å². The number of hydrogen-bond donors (Lipinski definition) is 1. The number of carbonyl (C=O) groups is 2. The van der Waals surface area contributed by atoms with Gasteiger partial charge in [0.2, 0.25) is 11.8 Å². The Kier molecular flexibility index (Phi) is 4.65. The molecule has 4 heteroatoms. The van der Waals surface area contributed by atoms with Crippen molar-refractivity contribution in [2.45, 2.75) is 26.8 Å². The minimum Gasteiger partial charge on any atom is -0.338 e. The van der Waals surface area contributed by atoms with Crippen molar-refractivity contribution in [3.63, 3.8) is 0 Å². The highest BCUT2D eigenvalue weighted by molar-refractivity contribution is 5.97. The highest BCUT2D eigenvalue weighted by Crippen LogP contribution is 2.22. The molecule has 2 aromatic carbocycles. The molecule has 2 amide bonds.